The first-order valence-electron chi connectivity index (χ1n) is 8.03. The molecule has 0 heterocycles. The van der Waals surface area contributed by atoms with Crippen molar-refractivity contribution < 1.29 is 27.4 Å². The minimum absolute atomic E-state index is 0. The van der Waals surface area contributed by atoms with E-state index in [9.17, 15) is 18.0 Å². The van der Waals surface area contributed by atoms with Gasteiger partial charge in [-0.25, -0.2) is 0 Å². The highest BCUT2D eigenvalue weighted by molar-refractivity contribution is 5.88. The fourth-order valence-corrected chi connectivity index (χ4v) is 2.97. The van der Waals surface area contributed by atoms with E-state index in [2.05, 4.69) is 10.1 Å². The standard InChI is InChI=1S/C17H23F3N2O3.ClH/c1-4-24-13-9-16(21,15(13,2)3)14(23)22-10-11-5-7-12(8-6-11)25-17(18,19)20;/h5-8,13H,4,9-10,21H2,1-3H3,(H,22,23);1H. The van der Waals surface area contributed by atoms with Crippen molar-refractivity contribution in [1.29, 1.82) is 0 Å². The largest absolute Gasteiger partial charge is 0.573 e. The summed E-state index contributed by atoms with van der Waals surface area (Å²) in [7, 11) is 0. The van der Waals surface area contributed by atoms with Gasteiger partial charge < -0.3 is 20.5 Å². The summed E-state index contributed by atoms with van der Waals surface area (Å²) in [5, 5.41) is 2.74. The van der Waals surface area contributed by atoms with Gasteiger partial charge in [-0.2, -0.15) is 0 Å². The molecule has 5 nitrogen and oxygen atoms in total. The van der Waals surface area contributed by atoms with Gasteiger partial charge in [0, 0.05) is 25.0 Å². The fourth-order valence-electron chi connectivity index (χ4n) is 2.97. The van der Waals surface area contributed by atoms with Crippen LogP contribution in [-0.4, -0.2) is 30.5 Å². The van der Waals surface area contributed by atoms with Crippen LogP contribution in [0.25, 0.3) is 0 Å². The van der Waals surface area contributed by atoms with E-state index < -0.39 is 17.3 Å². The number of hydrogen-bond acceptors (Lipinski definition) is 4. The minimum Gasteiger partial charge on any atom is -0.406 e. The van der Waals surface area contributed by atoms with E-state index in [0.717, 1.165) is 0 Å². The second-order valence-electron chi connectivity index (χ2n) is 6.72. The number of carbonyl (C=O) groups excluding carboxylic acids is 1. The van der Waals surface area contributed by atoms with Gasteiger partial charge in [-0.05, 0) is 24.6 Å². The highest BCUT2D eigenvalue weighted by Crippen LogP contribution is 2.49. The van der Waals surface area contributed by atoms with Crippen molar-refractivity contribution in [2.24, 2.45) is 11.1 Å². The molecule has 2 unspecified atom stereocenters. The van der Waals surface area contributed by atoms with Gasteiger partial charge in [0.2, 0.25) is 5.91 Å². The molecule has 2 rings (SSSR count). The van der Waals surface area contributed by atoms with Crippen LogP contribution in [0.4, 0.5) is 13.2 Å². The summed E-state index contributed by atoms with van der Waals surface area (Å²) in [4.78, 5) is 12.5. The van der Waals surface area contributed by atoms with Gasteiger partial charge in [0.25, 0.3) is 0 Å². The SMILES string of the molecule is CCOC1CC(N)(C(=O)NCc2ccc(OC(F)(F)F)cc2)C1(C)C.Cl. The van der Waals surface area contributed by atoms with E-state index in [1.807, 2.05) is 20.8 Å². The molecule has 1 aliphatic rings. The zero-order valence-electron chi connectivity index (χ0n) is 14.9. The maximum absolute atomic E-state index is 12.5. The van der Waals surface area contributed by atoms with Crippen molar-refractivity contribution in [3.05, 3.63) is 29.8 Å². The van der Waals surface area contributed by atoms with Gasteiger partial charge in [0.05, 0.1) is 6.10 Å². The molecule has 0 aliphatic heterocycles. The number of carbonyl (C=O) groups is 1. The van der Waals surface area contributed by atoms with Crippen LogP contribution in [0.1, 0.15) is 32.8 Å². The van der Waals surface area contributed by atoms with E-state index >= 15 is 0 Å². The number of nitrogens with one attached hydrogen (secondary N) is 1. The molecular formula is C17H24ClF3N2O3. The number of alkyl halides is 3. The van der Waals surface area contributed by atoms with Crippen LogP contribution in [0.15, 0.2) is 24.3 Å². The summed E-state index contributed by atoms with van der Waals surface area (Å²) in [6.45, 7) is 6.38. The van der Waals surface area contributed by atoms with Crippen molar-refractivity contribution in [1.82, 2.24) is 5.32 Å². The maximum atomic E-state index is 12.5. The zero-order chi connectivity index (χ0) is 18.9. The third kappa shape index (κ3) is 4.61. The quantitative estimate of drug-likeness (QED) is 0.774. The Labute approximate surface area is 156 Å². The molecule has 1 saturated carbocycles. The Morgan fingerprint density at radius 3 is 2.35 bits per heavy atom. The Hall–Kier alpha value is -1.51. The predicted molar refractivity (Wildman–Crippen MR) is 93.0 cm³/mol. The summed E-state index contributed by atoms with van der Waals surface area (Å²) in [6, 6.07) is 5.32. The Kier molecular flexibility index (Phi) is 6.95. The van der Waals surface area contributed by atoms with Crippen LogP contribution in [-0.2, 0) is 16.1 Å². The molecule has 0 radical (unpaired) electrons. The Bertz CT molecular complexity index is 623. The second-order valence-corrected chi connectivity index (χ2v) is 6.72. The minimum atomic E-state index is -4.73. The van der Waals surface area contributed by atoms with Crippen LogP contribution in [0.5, 0.6) is 5.75 Å². The van der Waals surface area contributed by atoms with Gasteiger partial charge in [0.1, 0.15) is 11.3 Å². The highest BCUT2D eigenvalue weighted by Gasteiger charge is 2.62. The summed E-state index contributed by atoms with van der Waals surface area (Å²) < 4.78 is 45.8. The van der Waals surface area contributed by atoms with Gasteiger partial charge >= 0.3 is 6.36 Å². The number of benzene rings is 1. The predicted octanol–water partition coefficient (Wildman–Crippen LogP) is 3.16. The van der Waals surface area contributed by atoms with Gasteiger partial charge in [-0.3, -0.25) is 4.79 Å². The van der Waals surface area contributed by atoms with E-state index in [0.29, 0.717) is 18.6 Å². The number of nitrogens with two attached hydrogens (primary N) is 1. The van der Waals surface area contributed by atoms with E-state index in [1.54, 1.807) is 0 Å². The number of hydrogen-bond donors (Lipinski definition) is 2. The number of rotatable bonds is 6. The molecule has 1 aromatic carbocycles. The average Bonchev–Trinajstić information content (AvgIpc) is 2.52. The molecule has 0 aromatic heterocycles. The highest BCUT2D eigenvalue weighted by atomic mass is 35.5. The molecule has 1 aliphatic carbocycles. The Morgan fingerprint density at radius 2 is 1.88 bits per heavy atom. The van der Waals surface area contributed by atoms with Crippen LogP contribution in [0.3, 0.4) is 0 Å². The normalized spacial score (nSPS) is 24.2. The van der Waals surface area contributed by atoms with Crippen molar-refractivity contribution in [3.8, 4) is 5.75 Å². The fraction of sp³-hybridized carbons (Fsp3) is 0.588. The molecule has 0 bridgehead atoms. The first-order chi connectivity index (χ1) is 11.5. The maximum Gasteiger partial charge on any atom is 0.573 e. The Balaban J connectivity index is 0.00000338. The Morgan fingerprint density at radius 1 is 1.31 bits per heavy atom. The number of ether oxygens (including phenoxy) is 2. The molecular weight excluding hydrogens is 373 g/mol. The second kappa shape index (κ2) is 8.02. The van der Waals surface area contributed by atoms with E-state index in [4.69, 9.17) is 10.5 Å². The van der Waals surface area contributed by atoms with Gasteiger partial charge in [-0.15, -0.1) is 25.6 Å². The topological polar surface area (TPSA) is 73.6 Å². The third-order valence-corrected chi connectivity index (χ3v) is 4.85. The number of halogens is 4. The molecule has 2 atom stereocenters. The van der Waals surface area contributed by atoms with E-state index in [1.165, 1.54) is 24.3 Å². The third-order valence-electron chi connectivity index (χ3n) is 4.85. The summed E-state index contributed by atoms with van der Waals surface area (Å²) in [5.74, 6) is -0.610. The van der Waals surface area contributed by atoms with Crippen LogP contribution in [0.2, 0.25) is 0 Å². The molecule has 1 amide bonds. The molecule has 1 aromatic rings. The van der Waals surface area contributed by atoms with Crippen molar-refractivity contribution in [2.45, 2.75) is 51.7 Å². The van der Waals surface area contributed by atoms with Gasteiger partial charge in [-0.1, -0.05) is 26.0 Å². The summed E-state index contributed by atoms with van der Waals surface area (Å²) in [6.07, 6.45) is -4.38. The lowest BCUT2D eigenvalue weighted by molar-refractivity contribution is -0.274. The molecule has 0 spiro atoms. The first-order valence-corrected chi connectivity index (χ1v) is 8.03. The van der Waals surface area contributed by atoms with Crippen LogP contribution < -0.4 is 15.8 Å². The van der Waals surface area contributed by atoms with Crippen molar-refractivity contribution in [2.75, 3.05) is 6.61 Å². The lowest BCUT2D eigenvalue weighted by Crippen LogP contribution is -2.75. The molecule has 148 valence electrons. The van der Waals surface area contributed by atoms with Crippen LogP contribution >= 0.6 is 12.4 Å². The molecule has 3 N–H and O–H groups in total. The zero-order valence-corrected chi connectivity index (χ0v) is 15.7. The monoisotopic (exact) mass is 396 g/mol. The molecule has 26 heavy (non-hydrogen) atoms. The lowest BCUT2D eigenvalue weighted by Gasteiger charge is -2.57. The molecule has 9 heteroatoms. The summed E-state index contributed by atoms with van der Waals surface area (Å²) in [5.41, 5.74) is 5.37. The van der Waals surface area contributed by atoms with Gasteiger partial charge in [0.15, 0.2) is 0 Å². The summed E-state index contributed by atoms with van der Waals surface area (Å²) >= 11 is 0. The number of amides is 1. The molecule has 1 fully saturated rings. The average molecular weight is 397 g/mol. The smallest absolute Gasteiger partial charge is 0.406 e. The lowest BCUT2D eigenvalue weighted by atomic mass is 9.54. The first kappa shape index (κ1) is 22.5. The van der Waals surface area contributed by atoms with Crippen LogP contribution in [0, 0.1) is 5.41 Å². The molecule has 0 saturated heterocycles. The van der Waals surface area contributed by atoms with Crippen molar-refractivity contribution >= 4 is 18.3 Å². The van der Waals surface area contributed by atoms with E-state index in [-0.39, 0.29) is 36.7 Å². The van der Waals surface area contributed by atoms with Crippen molar-refractivity contribution in [3.63, 3.8) is 0 Å².